The largest absolute Gasteiger partial charge is 0.464 e. The van der Waals surface area contributed by atoms with Crippen molar-refractivity contribution in [1.82, 2.24) is 18.7 Å². The van der Waals surface area contributed by atoms with Gasteiger partial charge in [-0.25, -0.2) is 9.78 Å². The van der Waals surface area contributed by atoms with Crippen LogP contribution in [0.2, 0.25) is 0 Å². The van der Waals surface area contributed by atoms with Crippen molar-refractivity contribution >= 4 is 17.1 Å². The number of nitrogens with zero attached hydrogens (tertiary/aromatic N) is 4. The minimum Gasteiger partial charge on any atom is -0.464 e. The van der Waals surface area contributed by atoms with Crippen LogP contribution >= 0.6 is 0 Å². The second-order valence-electron chi connectivity index (χ2n) is 5.71. The van der Waals surface area contributed by atoms with Gasteiger partial charge in [0.15, 0.2) is 11.2 Å². The fraction of sp³-hybridized carbons (Fsp3) is 0.294. The molecule has 0 saturated carbocycles. The van der Waals surface area contributed by atoms with Crippen molar-refractivity contribution in [1.29, 1.82) is 0 Å². The van der Waals surface area contributed by atoms with Crippen LogP contribution in [0.5, 0.6) is 0 Å². The zero-order valence-electron chi connectivity index (χ0n) is 14.0. The van der Waals surface area contributed by atoms with Crippen LogP contribution in [0, 0.1) is 0 Å². The third-order valence-corrected chi connectivity index (χ3v) is 4.01. The molecule has 8 heteroatoms. The summed E-state index contributed by atoms with van der Waals surface area (Å²) in [5, 5.41) is 0. The molecular weight excluding hydrogens is 324 g/mol. The Labute approximate surface area is 142 Å². The number of ether oxygens (including phenoxy) is 1. The monoisotopic (exact) mass is 342 g/mol. The van der Waals surface area contributed by atoms with Gasteiger partial charge in [0.25, 0.3) is 5.56 Å². The predicted octanol–water partition coefficient (Wildman–Crippen LogP) is 0.220. The van der Waals surface area contributed by atoms with Crippen LogP contribution in [0.1, 0.15) is 5.56 Å². The first-order valence-electron chi connectivity index (χ1n) is 7.79. The molecular formula is C17H18N4O4. The lowest BCUT2D eigenvalue weighted by molar-refractivity contribution is -0.144. The average Bonchev–Trinajstić information content (AvgIpc) is 3.02. The van der Waals surface area contributed by atoms with E-state index in [1.165, 1.54) is 29.6 Å². The standard InChI is InChI=1S/C17H18N4O4/c1-19-15-14(16(23)20(2)17(19)24)21(11-18-15)10-13(22)25-9-8-12-6-4-3-5-7-12/h3-7,11H,8-10H2,1-2H3. The Morgan fingerprint density at radius 3 is 2.56 bits per heavy atom. The second-order valence-corrected chi connectivity index (χ2v) is 5.71. The number of rotatable bonds is 5. The Kier molecular flexibility index (Phi) is 4.51. The Morgan fingerprint density at radius 2 is 1.84 bits per heavy atom. The van der Waals surface area contributed by atoms with E-state index in [9.17, 15) is 14.4 Å². The first-order chi connectivity index (χ1) is 12.0. The van der Waals surface area contributed by atoms with E-state index in [-0.39, 0.29) is 24.3 Å². The highest BCUT2D eigenvalue weighted by molar-refractivity contribution is 5.75. The van der Waals surface area contributed by atoms with E-state index >= 15 is 0 Å². The highest BCUT2D eigenvalue weighted by Gasteiger charge is 2.16. The number of aromatic nitrogens is 4. The molecule has 0 unspecified atom stereocenters. The van der Waals surface area contributed by atoms with E-state index in [1.807, 2.05) is 30.3 Å². The Hall–Kier alpha value is -3.16. The normalized spacial score (nSPS) is 11.0. The lowest BCUT2D eigenvalue weighted by Gasteiger charge is -2.07. The minimum atomic E-state index is -0.493. The van der Waals surface area contributed by atoms with Crippen molar-refractivity contribution in [3.05, 3.63) is 63.1 Å². The summed E-state index contributed by atoms with van der Waals surface area (Å²) in [4.78, 5) is 40.3. The first kappa shape index (κ1) is 16.7. The van der Waals surface area contributed by atoms with Gasteiger partial charge in [-0.15, -0.1) is 0 Å². The summed E-state index contributed by atoms with van der Waals surface area (Å²) in [7, 11) is 2.92. The predicted molar refractivity (Wildman–Crippen MR) is 91.3 cm³/mol. The van der Waals surface area contributed by atoms with Crippen LogP contribution in [-0.2, 0) is 36.6 Å². The van der Waals surface area contributed by atoms with Gasteiger partial charge in [-0.2, -0.15) is 0 Å². The number of hydrogen-bond donors (Lipinski definition) is 0. The van der Waals surface area contributed by atoms with Gasteiger partial charge >= 0.3 is 11.7 Å². The number of aryl methyl sites for hydroxylation is 1. The third kappa shape index (κ3) is 3.23. The molecule has 2 aromatic heterocycles. The Bertz CT molecular complexity index is 1030. The van der Waals surface area contributed by atoms with Crippen LogP contribution in [0.4, 0.5) is 0 Å². The van der Waals surface area contributed by atoms with Crippen molar-refractivity contribution in [3.63, 3.8) is 0 Å². The number of carbonyl (C=O) groups excluding carboxylic acids is 1. The summed E-state index contributed by atoms with van der Waals surface area (Å²) in [6.45, 7) is 0.116. The van der Waals surface area contributed by atoms with Crippen LogP contribution < -0.4 is 11.2 Å². The molecule has 0 spiro atoms. The minimum absolute atomic E-state index is 0.140. The van der Waals surface area contributed by atoms with E-state index in [0.29, 0.717) is 6.42 Å². The quantitative estimate of drug-likeness (QED) is 0.619. The second kappa shape index (κ2) is 6.76. The summed E-state index contributed by atoms with van der Waals surface area (Å²) in [5.74, 6) is -0.467. The molecule has 1 aromatic carbocycles. The molecule has 130 valence electrons. The van der Waals surface area contributed by atoms with Gasteiger partial charge in [0.05, 0.1) is 12.9 Å². The summed E-state index contributed by atoms with van der Waals surface area (Å²) in [5.41, 5.74) is 0.558. The van der Waals surface area contributed by atoms with Crippen LogP contribution in [0.15, 0.2) is 46.2 Å². The average molecular weight is 342 g/mol. The third-order valence-electron chi connectivity index (χ3n) is 4.01. The number of esters is 1. The van der Waals surface area contributed by atoms with Gasteiger partial charge in [-0.05, 0) is 5.56 Å². The highest BCUT2D eigenvalue weighted by atomic mass is 16.5. The first-order valence-corrected chi connectivity index (χ1v) is 7.79. The number of carbonyl (C=O) groups is 1. The Balaban J connectivity index is 1.74. The molecule has 0 aliphatic heterocycles. The summed E-state index contributed by atoms with van der Waals surface area (Å²) in [6, 6.07) is 9.69. The van der Waals surface area contributed by atoms with Crippen LogP contribution in [0.25, 0.3) is 11.2 Å². The molecule has 8 nitrogen and oxygen atoms in total. The molecule has 0 radical (unpaired) electrons. The molecule has 0 saturated heterocycles. The lowest BCUT2D eigenvalue weighted by atomic mass is 10.2. The van der Waals surface area contributed by atoms with Crippen molar-refractivity contribution < 1.29 is 9.53 Å². The summed E-state index contributed by atoms with van der Waals surface area (Å²) >= 11 is 0. The number of imidazole rings is 1. The van der Waals surface area contributed by atoms with Gasteiger partial charge in [0.1, 0.15) is 6.54 Å². The van der Waals surface area contributed by atoms with Gasteiger partial charge < -0.3 is 9.30 Å². The van der Waals surface area contributed by atoms with Crippen LogP contribution in [-0.4, -0.2) is 31.3 Å². The fourth-order valence-electron chi connectivity index (χ4n) is 2.63. The van der Waals surface area contributed by atoms with Gasteiger partial charge in [0.2, 0.25) is 0 Å². The van der Waals surface area contributed by atoms with Crippen molar-refractivity contribution in [3.8, 4) is 0 Å². The van der Waals surface area contributed by atoms with Crippen LogP contribution in [0.3, 0.4) is 0 Å². The maximum absolute atomic E-state index is 12.3. The zero-order chi connectivity index (χ0) is 18.0. The van der Waals surface area contributed by atoms with Crippen molar-refractivity contribution in [2.45, 2.75) is 13.0 Å². The molecule has 3 rings (SSSR count). The number of hydrogen-bond acceptors (Lipinski definition) is 5. The van der Waals surface area contributed by atoms with E-state index in [0.717, 1.165) is 10.1 Å². The van der Waals surface area contributed by atoms with Gasteiger partial charge in [-0.3, -0.25) is 18.7 Å². The molecule has 0 fully saturated rings. The maximum atomic E-state index is 12.3. The Morgan fingerprint density at radius 1 is 1.12 bits per heavy atom. The molecule has 0 atom stereocenters. The smallest absolute Gasteiger partial charge is 0.332 e. The molecule has 25 heavy (non-hydrogen) atoms. The molecule has 0 bridgehead atoms. The van der Waals surface area contributed by atoms with Crippen molar-refractivity contribution in [2.75, 3.05) is 6.61 Å². The summed E-state index contributed by atoms with van der Waals surface area (Å²) in [6.07, 6.45) is 1.98. The van der Waals surface area contributed by atoms with E-state index in [4.69, 9.17) is 4.74 Å². The highest BCUT2D eigenvalue weighted by Crippen LogP contribution is 2.06. The maximum Gasteiger partial charge on any atom is 0.332 e. The van der Waals surface area contributed by atoms with E-state index < -0.39 is 17.2 Å². The number of fused-ring (bicyclic) bond motifs is 1. The molecule has 0 N–H and O–H groups in total. The lowest BCUT2D eigenvalue weighted by Crippen LogP contribution is -2.37. The van der Waals surface area contributed by atoms with E-state index in [1.54, 1.807) is 0 Å². The fourth-order valence-corrected chi connectivity index (χ4v) is 2.63. The zero-order valence-corrected chi connectivity index (χ0v) is 14.0. The van der Waals surface area contributed by atoms with Crippen molar-refractivity contribution in [2.24, 2.45) is 14.1 Å². The molecule has 0 aliphatic rings. The van der Waals surface area contributed by atoms with Gasteiger partial charge in [-0.1, -0.05) is 30.3 Å². The molecule has 2 heterocycles. The van der Waals surface area contributed by atoms with Gasteiger partial charge in [0, 0.05) is 20.5 Å². The number of benzene rings is 1. The summed E-state index contributed by atoms with van der Waals surface area (Å²) < 4.78 is 8.89. The molecule has 3 aromatic rings. The molecule has 0 aliphatic carbocycles. The molecule has 0 amide bonds. The van der Waals surface area contributed by atoms with E-state index in [2.05, 4.69) is 4.98 Å². The SMILES string of the molecule is Cn1c(=O)c2c(ncn2CC(=O)OCCc2ccccc2)n(C)c1=O. The topological polar surface area (TPSA) is 88.1 Å².